The summed E-state index contributed by atoms with van der Waals surface area (Å²) in [5.41, 5.74) is 10.1. The number of hydrogen-bond donors (Lipinski definition) is 3. The summed E-state index contributed by atoms with van der Waals surface area (Å²) >= 11 is 0. The zero-order valence-corrected chi connectivity index (χ0v) is 21.0. The topological polar surface area (TPSA) is 148 Å². The molecule has 0 unspecified atom stereocenters. The second kappa shape index (κ2) is 10.3. The van der Waals surface area contributed by atoms with Gasteiger partial charge < -0.3 is 25.8 Å². The van der Waals surface area contributed by atoms with E-state index >= 15 is 0 Å². The molecule has 11 nitrogen and oxygen atoms in total. The molecule has 1 aliphatic rings. The van der Waals surface area contributed by atoms with E-state index in [2.05, 4.69) is 59.7 Å². The van der Waals surface area contributed by atoms with E-state index in [4.69, 9.17) is 10.3 Å². The number of primary amides is 1. The number of aryl methyl sites for hydroxylation is 1. The van der Waals surface area contributed by atoms with Gasteiger partial charge in [0, 0.05) is 43.2 Å². The van der Waals surface area contributed by atoms with Crippen LogP contribution in [0.3, 0.4) is 0 Å². The molecule has 1 fully saturated rings. The monoisotopic (exact) mass is 499 g/mol. The second-order valence-corrected chi connectivity index (χ2v) is 9.18. The largest absolute Gasteiger partial charge is 0.365 e. The quantitative estimate of drug-likeness (QED) is 0.346. The maximum atomic E-state index is 11.3. The van der Waals surface area contributed by atoms with Crippen LogP contribution in [0.25, 0.3) is 11.3 Å². The summed E-state index contributed by atoms with van der Waals surface area (Å²) in [4.78, 5) is 31.1. The number of rotatable bonds is 7. The molecule has 1 amide bonds. The zero-order valence-electron chi connectivity index (χ0n) is 21.0. The summed E-state index contributed by atoms with van der Waals surface area (Å²) in [6.45, 7) is 9.07. The number of anilines is 3. The predicted octanol–water partition coefficient (Wildman–Crippen LogP) is 3.02. The van der Waals surface area contributed by atoms with E-state index in [1.807, 2.05) is 44.3 Å². The number of pyridine rings is 1. The molecule has 0 saturated carbocycles. The average Bonchev–Trinajstić information content (AvgIpc) is 3.40. The highest BCUT2D eigenvalue weighted by Gasteiger charge is 2.20. The summed E-state index contributed by atoms with van der Waals surface area (Å²) in [6.07, 6.45) is 3.43. The molecular weight excluding hydrogens is 470 g/mol. The van der Waals surface area contributed by atoms with Gasteiger partial charge in [0.2, 0.25) is 0 Å². The molecule has 0 spiro atoms. The van der Waals surface area contributed by atoms with Crippen molar-refractivity contribution in [2.75, 3.05) is 29.9 Å². The number of carbonyl (C=O) groups is 1. The Bertz CT molecular complexity index is 1400. The Morgan fingerprint density at radius 2 is 2.05 bits per heavy atom. The van der Waals surface area contributed by atoms with E-state index in [-0.39, 0.29) is 11.8 Å². The van der Waals surface area contributed by atoms with Crippen LogP contribution in [0, 0.1) is 6.92 Å². The van der Waals surface area contributed by atoms with Gasteiger partial charge in [-0.15, -0.1) is 0 Å². The Balaban J connectivity index is 1.31. The van der Waals surface area contributed by atoms with Crippen LogP contribution in [0.4, 0.5) is 17.3 Å². The number of nitrogens with zero attached hydrogens (tertiary/aromatic N) is 6. The van der Waals surface area contributed by atoms with E-state index in [0.29, 0.717) is 23.5 Å². The van der Waals surface area contributed by atoms with E-state index in [0.717, 1.165) is 47.7 Å². The lowest BCUT2D eigenvalue weighted by atomic mass is 9.93. The lowest BCUT2D eigenvalue weighted by molar-refractivity contribution is 0.0958. The van der Waals surface area contributed by atoms with Gasteiger partial charge in [0.25, 0.3) is 0 Å². The van der Waals surface area contributed by atoms with Crippen LogP contribution in [0.15, 0.2) is 53.4 Å². The van der Waals surface area contributed by atoms with E-state index in [1.165, 1.54) is 6.33 Å². The van der Waals surface area contributed by atoms with Crippen LogP contribution < -0.4 is 21.3 Å². The molecule has 4 aromatic rings. The first-order valence-electron chi connectivity index (χ1n) is 12.2. The smallest absolute Gasteiger partial charge is 0.315 e. The lowest BCUT2D eigenvalue weighted by Crippen LogP contribution is -2.49. The van der Waals surface area contributed by atoms with E-state index < -0.39 is 5.91 Å². The van der Waals surface area contributed by atoms with Crippen molar-refractivity contribution in [3.63, 3.8) is 0 Å². The second-order valence-electron chi connectivity index (χ2n) is 9.18. The van der Waals surface area contributed by atoms with Crippen LogP contribution in [0.2, 0.25) is 0 Å². The van der Waals surface area contributed by atoms with Gasteiger partial charge in [-0.05, 0) is 43.2 Å². The van der Waals surface area contributed by atoms with Gasteiger partial charge in [-0.3, -0.25) is 4.79 Å². The van der Waals surface area contributed by atoms with Crippen LogP contribution in [0.5, 0.6) is 0 Å². The molecule has 37 heavy (non-hydrogen) atoms. The van der Waals surface area contributed by atoms with Crippen molar-refractivity contribution in [3.05, 3.63) is 71.8 Å². The molecule has 0 bridgehead atoms. The Labute approximate surface area is 214 Å². The first-order chi connectivity index (χ1) is 17.9. The van der Waals surface area contributed by atoms with E-state index in [9.17, 15) is 4.79 Å². The highest BCUT2D eigenvalue weighted by atomic mass is 16.5. The predicted molar refractivity (Wildman–Crippen MR) is 140 cm³/mol. The molecular formula is C26H29N9O2. The molecule has 1 aromatic carbocycles. The minimum Gasteiger partial charge on any atom is -0.365 e. The number of hydrogen-bond acceptors (Lipinski definition) is 10. The summed E-state index contributed by atoms with van der Waals surface area (Å²) in [5, 5.41) is 10.6. The Morgan fingerprint density at radius 3 is 2.76 bits per heavy atom. The Morgan fingerprint density at radius 1 is 1.19 bits per heavy atom. The normalized spacial score (nSPS) is 16.4. The molecule has 1 aliphatic heterocycles. The average molecular weight is 500 g/mol. The minimum atomic E-state index is -0.744. The fourth-order valence-corrected chi connectivity index (χ4v) is 4.54. The SMILES string of the molecule is Cc1cc(-c2cc(Nc3ccc(N4CCNC[C@H]4C)cn3)ncn2)ccc1[C@@H](C)c1noc(C(N)=O)n1. The Hall–Kier alpha value is -4.38. The summed E-state index contributed by atoms with van der Waals surface area (Å²) in [6, 6.07) is 12.4. The van der Waals surface area contributed by atoms with Gasteiger partial charge in [0.1, 0.15) is 18.0 Å². The number of nitrogens with one attached hydrogen (secondary N) is 2. The summed E-state index contributed by atoms with van der Waals surface area (Å²) < 4.78 is 4.94. The molecule has 0 aliphatic carbocycles. The fraction of sp³-hybridized carbons (Fsp3) is 0.308. The lowest BCUT2D eigenvalue weighted by Gasteiger charge is -2.35. The molecule has 4 N–H and O–H groups in total. The molecule has 5 rings (SSSR count). The molecule has 11 heteroatoms. The van der Waals surface area contributed by atoms with Crippen molar-refractivity contribution in [1.29, 1.82) is 0 Å². The van der Waals surface area contributed by atoms with Crippen LogP contribution in [0.1, 0.15) is 47.4 Å². The van der Waals surface area contributed by atoms with Crippen LogP contribution >= 0.6 is 0 Å². The number of aromatic nitrogens is 5. The molecule has 0 radical (unpaired) electrons. The number of amides is 1. The molecule has 3 aromatic heterocycles. The van der Waals surface area contributed by atoms with Crippen molar-refractivity contribution in [3.8, 4) is 11.3 Å². The van der Waals surface area contributed by atoms with Gasteiger partial charge in [0.15, 0.2) is 5.82 Å². The zero-order chi connectivity index (χ0) is 25.9. The van der Waals surface area contributed by atoms with Crippen LogP contribution in [-0.2, 0) is 0 Å². The first-order valence-corrected chi connectivity index (χ1v) is 12.2. The van der Waals surface area contributed by atoms with Crippen molar-refractivity contribution in [2.24, 2.45) is 5.73 Å². The highest BCUT2D eigenvalue weighted by Crippen LogP contribution is 2.29. The molecule has 2 atom stereocenters. The maximum absolute atomic E-state index is 11.3. The molecule has 1 saturated heterocycles. The number of benzene rings is 1. The third kappa shape index (κ3) is 5.26. The minimum absolute atomic E-state index is 0.174. The number of piperazine rings is 1. The van der Waals surface area contributed by atoms with Gasteiger partial charge >= 0.3 is 11.8 Å². The van der Waals surface area contributed by atoms with Crippen molar-refractivity contribution < 1.29 is 9.32 Å². The molecule has 190 valence electrons. The van der Waals surface area contributed by atoms with Crippen molar-refractivity contribution >= 4 is 23.2 Å². The molecule has 4 heterocycles. The first kappa shape index (κ1) is 24.3. The Kier molecular flexibility index (Phi) is 6.78. The van der Waals surface area contributed by atoms with Crippen molar-refractivity contribution in [2.45, 2.75) is 32.7 Å². The van der Waals surface area contributed by atoms with Gasteiger partial charge in [0.05, 0.1) is 17.6 Å². The van der Waals surface area contributed by atoms with Crippen LogP contribution in [-0.4, -0.2) is 56.7 Å². The number of carbonyl (C=O) groups excluding carboxylic acids is 1. The highest BCUT2D eigenvalue weighted by molar-refractivity contribution is 5.87. The standard InChI is InChI=1S/C26H29N9O2/c1-15-10-18(4-6-20(15)17(3)25-33-26(24(27)36)37-34-25)21-11-23(31-14-30-21)32-22-7-5-19(13-29-22)35-9-8-28-12-16(35)2/h4-7,10-11,13-14,16-17,28H,8-9,12H2,1-3H3,(H2,27,36)(H,29,30,31,32)/t16-,17-/m1/s1. The third-order valence-corrected chi connectivity index (χ3v) is 6.58. The van der Waals surface area contributed by atoms with Gasteiger partial charge in [-0.25, -0.2) is 15.0 Å². The van der Waals surface area contributed by atoms with E-state index in [1.54, 1.807) is 0 Å². The maximum Gasteiger partial charge on any atom is 0.315 e. The van der Waals surface area contributed by atoms with Gasteiger partial charge in [-0.1, -0.05) is 24.2 Å². The third-order valence-electron chi connectivity index (χ3n) is 6.58. The summed E-state index contributed by atoms with van der Waals surface area (Å²) in [5.74, 6) is 0.662. The van der Waals surface area contributed by atoms with Gasteiger partial charge in [-0.2, -0.15) is 4.98 Å². The fourth-order valence-electron chi connectivity index (χ4n) is 4.54. The van der Waals surface area contributed by atoms with Crippen molar-refractivity contribution in [1.82, 2.24) is 30.4 Å². The summed E-state index contributed by atoms with van der Waals surface area (Å²) in [7, 11) is 0. The number of nitrogens with two attached hydrogens (primary N) is 1.